The van der Waals surface area contributed by atoms with Crippen LogP contribution in [0.3, 0.4) is 0 Å². The molecule has 13 heteroatoms. The van der Waals surface area contributed by atoms with E-state index in [0.717, 1.165) is 0 Å². The topological polar surface area (TPSA) is 151 Å². The number of halogens is 1. The van der Waals surface area contributed by atoms with Crippen molar-refractivity contribution in [1.29, 1.82) is 0 Å². The number of anilines is 2. The molecule has 0 saturated carbocycles. The first-order chi connectivity index (χ1) is 15.2. The van der Waals surface area contributed by atoms with Crippen LogP contribution in [0.1, 0.15) is 13.8 Å². The third kappa shape index (κ3) is 4.78. The minimum Gasteiger partial charge on any atom is -0.461 e. The average Bonchev–Trinajstić information content (AvgIpc) is 3.41. The second-order valence-corrected chi connectivity index (χ2v) is 8.23. The van der Waals surface area contributed by atoms with Crippen molar-refractivity contribution in [3.05, 3.63) is 18.4 Å². The fraction of sp³-hybridized carbons (Fsp3) is 0.526. The van der Waals surface area contributed by atoms with Crippen LogP contribution in [0.5, 0.6) is 0 Å². The molecule has 0 bridgehead atoms. The molecule has 32 heavy (non-hydrogen) atoms. The van der Waals surface area contributed by atoms with Crippen LogP contribution in [-0.4, -0.2) is 96.4 Å². The zero-order valence-electron chi connectivity index (χ0n) is 17.9. The molecule has 4 heterocycles. The maximum absolute atomic E-state index is 13.9. The Hall–Kier alpha value is -3.32. The number of aliphatic hydroxyl groups excluding tert-OH is 1. The Balaban J connectivity index is 1.44. The second kappa shape index (κ2) is 8.67. The summed E-state index contributed by atoms with van der Waals surface area (Å²) >= 11 is 0. The Labute approximate surface area is 183 Å². The zero-order chi connectivity index (χ0) is 22.9. The van der Waals surface area contributed by atoms with E-state index < -0.39 is 18.3 Å². The highest BCUT2D eigenvalue weighted by molar-refractivity contribution is 5.84. The highest BCUT2D eigenvalue weighted by Gasteiger charge is 2.30. The van der Waals surface area contributed by atoms with Crippen LogP contribution in [0, 0.1) is 0 Å². The van der Waals surface area contributed by atoms with E-state index in [-0.39, 0.29) is 29.4 Å². The third-order valence-electron chi connectivity index (χ3n) is 5.04. The molecule has 1 aliphatic heterocycles. The van der Waals surface area contributed by atoms with Gasteiger partial charge in [-0.25, -0.2) is 4.39 Å². The van der Waals surface area contributed by atoms with Gasteiger partial charge in [-0.3, -0.25) is 9.69 Å². The zero-order valence-corrected chi connectivity index (χ0v) is 17.9. The van der Waals surface area contributed by atoms with Crippen molar-refractivity contribution in [2.24, 2.45) is 0 Å². The number of amides is 1. The number of carbonyl (C=O) groups is 1. The Morgan fingerprint density at radius 3 is 2.69 bits per heavy atom. The molecule has 1 amide bonds. The number of aromatic nitrogens is 5. The minimum absolute atomic E-state index is 0.00870. The lowest BCUT2D eigenvalue weighted by atomic mass is 10.1. The maximum Gasteiger partial charge on any atom is 0.259 e. The number of hydrogen-bond donors (Lipinski definition) is 3. The van der Waals surface area contributed by atoms with Crippen LogP contribution in [0.2, 0.25) is 0 Å². The van der Waals surface area contributed by atoms with Gasteiger partial charge in [-0.05, 0) is 26.0 Å². The highest BCUT2D eigenvalue weighted by Crippen LogP contribution is 2.18. The molecule has 0 unspecified atom stereocenters. The van der Waals surface area contributed by atoms with Gasteiger partial charge in [0.2, 0.25) is 23.6 Å². The number of nitrogens with two attached hydrogens (primary N) is 1. The lowest BCUT2D eigenvalue weighted by Crippen LogP contribution is -2.55. The van der Waals surface area contributed by atoms with Crippen LogP contribution < -0.4 is 11.1 Å². The fourth-order valence-electron chi connectivity index (χ4n) is 3.60. The van der Waals surface area contributed by atoms with Gasteiger partial charge in [0.05, 0.1) is 12.9 Å². The van der Waals surface area contributed by atoms with E-state index in [2.05, 4.69) is 25.4 Å². The van der Waals surface area contributed by atoms with Gasteiger partial charge >= 0.3 is 0 Å². The molecule has 3 aromatic heterocycles. The molecule has 0 aromatic carbocycles. The smallest absolute Gasteiger partial charge is 0.259 e. The van der Waals surface area contributed by atoms with Crippen molar-refractivity contribution in [2.75, 3.05) is 50.4 Å². The lowest BCUT2D eigenvalue weighted by Gasteiger charge is -2.37. The van der Waals surface area contributed by atoms with Gasteiger partial charge in [-0.15, -0.1) is 5.10 Å². The number of rotatable bonds is 7. The van der Waals surface area contributed by atoms with E-state index in [4.69, 9.17) is 10.2 Å². The summed E-state index contributed by atoms with van der Waals surface area (Å²) in [6, 6.07) is 2.44. The molecule has 3 aromatic rings. The van der Waals surface area contributed by atoms with E-state index in [1.807, 2.05) is 4.90 Å². The quantitative estimate of drug-likeness (QED) is 0.452. The molecule has 1 atom stereocenters. The van der Waals surface area contributed by atoms with Crippen molar-refractivity contribution in [3.63, 3.8) is 0 Å². The van der Waals surface area contributed by atoms with Crippen LogP contribution in [0.25, 0.3) is 17.4 Å². The Morgan fingerprint density at radius 1 is 1.31 bits per heavy atom. The van der Waals surface area contributed by atoms with E-state index in [1.54, 1.807) is 17.0 Å². The SMILES string of the molecule is CC(C)(F)CN1CCN(C(=O)[C@H](CO)Nc2nc(N)n3nc(-c4ccco4)nc3n2)CC1. The summed E-state index contributed by atoms with van der Waals surface area (Å²) in [4.78, 5) is 29.2. The number of nitrogens with one attached hydrogen (secondary N) is 1. The first kappa shape index (κ1) is 21.9. The number of nitrogens with zero attached hydrogens (tertiary/aromatic N) is 7. The largest absolute Gasteiger partial charge is 0.461 e. The standard InChI is InChI=1S/C19H26FN9O3/c1-19(2,20)11-27-5-7-28(8-6-27)15(31)12(10-30)22-17-24-16(21)29-18(25-17)23-14(26-29)13-4-3-9-32-13/h3-4,9,12,30H,5-8,10-11H2,1-2H3,(H3,21,22,23,24,25,26)/t12-/m0/s1. The van der Waals surface area contributed by atoms with Gasteiger partial charge < -0.3 is 25.5 Å². The third-order valence-corrected chi connectivity index (χ3v) is 5.04. The number of furan rings is 1. The summed E-state index contributed by atoms with van der Waals surface area (Å²) in [6.45, 7) is 4.90. The van der Waals surface area contributed by atoms with Crippen molar-refractivity contribution in [2.45, 2.75) is 25.6 Å². The summed E-state index contributed by atoms with van der Waals surface area (Å²) in [5.41, 5.74) is 4.67. The number of fused-ring (bicyclic) bond motifs is 1. The molecule has 1 fully saturated rings. The van der Waals surface area contributed by atoms with Crippen LogP contribution in [-0.2, 0) is 4.79 Å². The molecule has 12 nitrogen and oxygen atoms in total. The molecule has 4 rings (SSSR count). The van der Waals surface area contributed by atoms with E-state index in [0.29, 0.717) is 38.5 Å². The summed E-state index contributed by atoms with van der Waals surface area (Å²) in [5, 5.41) is 16.8. The number of piperazine rings is 1. The van der Waals surface area contributed by atoms with Crippen LogP contribution >= 0.6 is 0 Å². The monoisotopic (exact) mass is 447 g/mol. The molecular formula is C19H26FN9O3. The van der Waals surface area contributed by atoms with Gasteiger partial charge in [0.1, 0.15) is 11.7 Å². The molecule has 1 aliphatic rings. The van der Waals surface area contributed by atoms with Gasteiger partial charge in [0, 0.05) is 32.7 Å². The summed E-state index contributed by atoms with van der Waals surface area (Å²) < 4.78 is 20.4. The molecule has 4 N–H and O–H groups in total. The first-order valence-corrected chi connectivity index (χ1v) is 10.2. The number of hydrogen-bond acceptors (Lipinski definition) is 10. The van der Waals surface area contributed by atoms with Gasteiger partial charge in [-0.1, -0.05) is 0 Å². The number of aliphatic hydroxyl groups is 1. The maximum atomic E-state index is 13.9. The van der Waals surface area contributed by atoms with Crippen molar-refractivity contribution in [1.82, 2.24) is 34.4 Å². The molecule has 0 spiro atoms. The Kier molecular flexibility index (Phi) is 5.93. The van der Waals surface area contributed by atoms with E-state index in [1.165, 1.54) is 24.6 Å². The van der Waals surface area contributed by atoms with E-state index in [9.17, 15) is 14.3 Å². The highest BCUT2D eigenvalue weighted by atomic mass is 19.1. The van der Waals surface area contributed by atoms with Crippen molar-refractivity contribution in [3.8, 4) is 11.6 Å². The van der Waals surface area contributed by atoms with E-state index >= 15 is 0 Å². The normalized spacial score (nSPS) is 16.4. The predicted molar refractivity (Wildman–Crippen MR) is 113 cm³/mol. The first-order valence-electron chi connectivity index (χ1n) is 10.2. The molecular weight excluding hydrogens is 421 g/mol. The Morgan fingerprint density at radius 2 is 2.06 bits per heavy atom. The second-order valence-electron chi connectivity index (χ2n) is 8.23. The summed E-state index contributed by atoms with van der Waals surface area (Å²) in [5.74, 6) is 0.651. The number of nitrogen functional groups attached to an aromatic ring is 1. The Bertz CT molecular complexity index is 1070. The number of carbonyl (C=O) groups excluding carboxylic acids is 1. The molecule has 172 valence electrons. The fourth-order valence-corrected chi connectivity index (χ4v) is 3.60. The molecule has 0 radical (unpaired) electrons. The van der Waals surface area contributed by atoms with Crippen LogP contribution in [0.4, 0.5) is 16.3 Å². The van der Waals surface area contributed by atoms with Gasteiger partial charge in [0.25, 0.3) is 5.78 Å². The summed E-state index contributed by atoms with van der Waals surface area (Å²) in [7, 11) is 0. The lowest BCUT2D eigenvalue weighted by molar-refractivity contribution is -0.134. The molecule has 0 aliphatic carbocycles. The average molecular weight is 447 g/mol. The predicted octanol–water partition coefficient (Wildman–Crippen LogP) is 0.0266. The van der Waals surface area contributed by atoms with Crippen LogP contribution in [0.15, 0.2) is 22.8 Å². The van der Waals surface area contributed by atoms with Crippen molar-refractivity contribution < 1.29 is 18.7 Å². The minimum atomic E-state index is -1.30. The van der Waals surface area contributed by atoms with Gasteiger partial charge in [0.15, 0.2) is 5.76 Å². The summed E-state index contributed by atoms with van der Waals surface area (Å²) in [6.07, 6.45) is 1.50. The number of alkyl halides is 1. The van der Waals surface area contributed by atoms with Crippen molar-refractivity contribution >= 4 is 23.6 Å². The molecule has 1 saturated heterocycles. The van der Waals surface area contributed by atoms with Gasteiger partial charge in [-0.2, -0.15) is 19.5 Å².